The molecular weight excluding hydrogens is 231 g/mol. The summed E-state index contributed by atoms with van der Waals surface area (Å²) in [5.41, 5.74) is 1.13. The van der Waals surface area contributed by atoms with Gasteiger partial charge in [-0.05, 0) is 26.1 Å². The van der Waals surface area contributed by atoms with Crippen molar-refractivity contribution in [3.63, 3.8) is 0 Å². The van der Waals surface area contributed by atoms with E-state index in [1.165, 1.54) is 6.07 Å². The third-order valence-electron chi connectivity index (χ3n) is 3.39. The Bertz CT molecular complexity index is 439. The lowest BCUT2D eigenvalue weighted by Crippen LogP contribution is -2.46. The molecule has 0 aromatic heterocycles. The first-order valence-corrected chi connectivity index (χ1v) is 6.26. The molecular formula is C14H19FN2O. The van der Waals surface area contributed by atoms with Gasteiger partial charge in [0.25, 0.3) is 0 Å². The molecule has 0 amide bonds. The highest BCUT2D eigenvalue weighted by molar-refractivity contribution is 5.98. The van der Waals surface area contributed by atoms with Crippen LogP contribution in [-0.4, -0.2) is 55.4 Å². The lowest BCUT2D eigenvalue weighted by atomic mass is 10.1. The number of carbonyl (C=O) groups excluding carboxylic acids is 1. The summed E-state index contributed by atoms with van der Waals surface area (Å²) < 4.78 is 13.6. The number of hydrogen-bond acceptors (Lipinski definition) is 3. The maximum atomic E-state index is 13.6. The summed E-state index contributed by atoms with van der Waals surface area (Å²) in [4.78, 5) is 16.4. The van der Waals surface area contributed by atoms with E-state index in [-0.39, 0.29) is 11.3 Å². The van der Waals surface area contributed by atoms with E-state index in [0.29, 0.717) is 6.54 Å². The minimum atomic E-state index is -0.417. The van der Waals surface area contributed by atoms with Gasteiger partial charge in [0.1, 0.15) is 5.82 Å². The van der Waals surface area contributed by atoms with Crippen LogP contribution >= 0.6 is 0 Å². The zero-order valence-corrected chi connectivity index (χ0v) is 10.9. The minimum Gasteiger partial charge on any atom is -0.304 e. The predicted molar refractivity (Wildman–Crippen MR) is 69.4 cm³/mol. The molecule has 3 nitrogen and oxygen atoms in total. The topological polar surface area (TPSA) is 23.6 Å². The van der Waals surface area contributed by atoms with Gasteiger partial charge >= 0.3 is 0 Å². The second kappa shape index (κ2) is 5.59. The highest BCUT2D eigenvalue weighted by Gasteiger charge is 2.19. The van der Waals surface area contributed by atoms with Gasteiger partial charge in [0.05, 0.1) is 12.1 Å². The number of benzene rings is 1. The Balaban J connectivity index is 2.01. The van der Waals surface area contributed by atoms with Crippen LogP contribution in [0.2, 0.25) is 0 Å². The van der Waals surface area contributed by atoms with Crippen molar-refractivity contribution in [2.24, 2.45) is 0 Å². The normalized spacial score (nSPS) is 17.9. The number of hydrogen-bond donors (Lipinski definition) is 0. The number of halogens is 1. The molecule has 1 fully saturated rings. The van der Waals surface area contributed by atoms with Gasteiger partial charge in [-0.1, -0.05) is 11.6 Å². The van der Waals surface area contributed by atoms with Gasteiger partial charge in [-0.25, -0.2) is 4.39 Å². The molecule has 1 aromatic rings. The van der Waals surface area contributed by atoms with Crippen LogP contribution in [0.1, 0.15) is 15.9 Å². The first kappa shape index (κ1) is 13.2. The van der Waals surface area contributed by atoms with E-state index in [1.807, 2.05) is 6.92 Å². The smallest absolute Gasteiger partial charge is 0.179 e. The monoisotopic (exact) mass is 250 g/mol. The summed E-state index contributed by atoms with van der Waals surface area (Å²) >= 11 is 0. The average Bonchev–Trinajstić information content (AvgIpc) is 2.35. The van der Waals surface area contributed by atoms with E-state index in [2.05, 4.69) is 16.8 Å². The van der Waals surface area contributed by atoms with Crippen LogP contribution in [0.4, 0.5) is 4.39 Å². The summed E-state index contributed by atoms with van der Waals surface area (Å²) in [5, 5.41) is 0. The van der Waals surface area contributed by atoms with Crippen molar-refractivity contribution in [1.82, 2.24) is 9.80 Å². The molecule has 1 heterocycles. The Hall–Kier alpha value is -1.26. The largest absolute Gasteiger partial charge is 0.304 e. The zero-order chi connectivity index (χ0) is 13.1. The lowest BCUT2D eigenvalue weighted by Gasteiger charge is -2.31. The minimum absolute atomic E-state index is 0.124. The van der Waals surface area contributed by atoms with Gasteiger partial charge in [0.2, 0.25) is 0 Å². The number of Topliss-reactive ketones (excluding diaryl/α,β-unsaturated/α-hetero) is 1. The third-order valence-corrected chi connectivity index (χ3v) is 3.39. The molecule has 0 N–H and O–H groups in total. The molecule has 1 saturated heterocycles. The predicted octanol–water partition coefficient (Wildman–Crippen LogP) is 1.56. The Morgan fingerprint density at radius 3 is 2.61 bits per heavy atom. The van der Waals surface area contributed by atoms with E-state index >= 15 is 0 Å². The molecule has 1 aliphatic heterocycles. The Morgan fingerprint density at radius 2 is 1.94 bits per heavy atom. The van der Waals surface area contributed by atoms with Crippen molar-refractivity contribution in [1.29, 1.82) is 0 Å². The molecule has 0 atom stereocenters. The van der Waals surface area contributed by atoms with E-state index < -0.39 is 5.82 Å². The number of ketones is 1. The molecule has 0 saturated carbocycles. The molecule has 0 spiro atoms. The van der Waals surface area contributed by atoms with Crippen LogP contribution in [0.25, 0.3) is 0 Å². The molecule has 18 heavy (non-hydrogen) atoms. The number of piperazine rings is 1. The molecule has 2 rings (SSSR count). The number of rotatable bonds is 3. The fourth-order valence-electron chi connectivity index (χ4n) is 2.15. The first-order valence-electron chi connectivity index (χ1n) is 6.26. The summed E-state index contributed by atoms with van der Waals surface area (Å²) in [7, 11) is 2.07. The Kier molecular flexibility index (Phi) is 4.09. The zero-order valence-electron chi connectivity index (χ0n) is 10.9. The molecule has 0 radical (unpaired) electrons. The van der Waals surface area contributed by atoms with Crippen LogP contribution in [-0.2, 0) is 0 Å². The second-order valence-electron chi connectivity index (χ2n) is 4.99. The summed E-state index contributed by atoms with van der Waals surface area (Å²) in [6, 6.07) is 4.68. The number of nitrogens with zero attached hydrogens (tertiary/aromatic N) is 2. The van der Waals surface area contributed by atoms with E-state index in [4.69, 9.17) is 0 Å². The van der Waals surface area contributed by atoms with E-state index in [9.17, 15) is 9.18 Å². The molecule has 1 aromatic carbocycles. The maximum absolute atomic E-state index is 13.6. The van der Waals surface area contributed by atoms with E-state index in [1.54, 1.807) is 12.1 Å². The quantitative estimate of drug-likeness (QED) is 0.761. The van der Waals surface area contributed by atoms with Gasteiger partial charge in [-0.3, -0.25) is 9.69 Å². The first-order chi connectivity index (χ1) is 8.56. The van der Waals surface area contributed by atoms with Gasteiger partial charge < -0.3 is 4.90 Å². The van der Waals surface area contributed by atoms with Crippen molar-refractivity contribution in [3.05, 3.63) is 35.1 Å². The molecule has 4 heteroatoms. The summed E-state index contributed by atoms with van der Waals surface area (Å²) in [5.74, 6) is -0.541. The summed E-state index contributed by atoms with van der Waals surface area (Å²) in [6.07, 6.45) is 0. The number of carbonyl (C=O) groups is 1. The maximum Gasteiger partial charge on any atom is 0.179 e. The van der Waals surface area contributed by atoms with Crippen LogP contribution < -0.4 is 0 Å². The van der Waals surface area contributed by atoms with Crippen molar-refractivity contribution >= 4 is 5.78 Å². The average molecular weight is 250 g/mol. The molecule has 0 bridgehead atoms. The van der Waals surface area contributed by atoms with Gasteiger partial charge in [0.15, 0.2) is 5.78 Å². The van der Waals surface area contributed by atoms with E-state index in [0.717, 1.165) is 31.7 Å². The number of aryl methyl sites for hydroxylation is 1. The SMILES string of the molecule is Cc1ccc(F)c(C(=O)CN2CCN(C)CC2)c1. The molecule has 1 aliphatic rings. The van der Waals surface area contributed by atoms with Crippen LogP contribution in [0, 0.1) is 12.7 Å². The highest BCUT2D eigenvalue weighted by Crippen LogP contribution is 2.12. The van der Waals surface area contributed by atoms with Gasteiger partial charge in [0, 0.05) is 26.2 Å². The third kappa shape index (κ3) is 3.15. The fourth-order valence-corrected chi connectivity index (χ4v) is 2.15. The van der Waals surface area contributed by atoms with Crippen LogP contribution in [0.15, 0.2) is 18.2 Å². The lowest BCUT2D eigenvalue weighted by molar-refractivity contribution is 0.0872. The van der Waals surface area contributed by atoms with Crippen LogP contribution in [0.3, 0.4) is 0 Å². The van der Waals surface area contributed by atoms with Crippen molar-refractivity contribution in [3.8, 4) is 0 Å². The molecule has 0 unspecified atom stereocenters. The standard InChI is InChI=1S/C14H19FN2O/c1-11-3-4-13(15)12(9-11)14(18)10-17-7-5-16(2)6-8-17/h3-4,9H,5-8,10H2,1-2H3. The second-order valence-corrected chi connectivity index (χ2v) is 4.99. The van der Waals surface area contributed by atoms with Gasteiger partial charge in [-0.15, -0.1) is 0 Å². The van der Waals surface area contributed by atoms with Crippen molar-refractivity contribution < 1.29 is 9.18 Å². The Labute approximate surface area is 107 Å². The summed E-state index contributed by atoms with van der Waals surface area (Å²) in [6.45, 7) is 5.85. The van der Waals surface area contributed by atoms with Crippen molar-refractivity contribution in [2.45, 2.75) is 6.92 Å². The molecule has 0 aliphatic carbocycles. The molecule has 98 valence electrons. The Morgan fingerprint density at radius 1 is 1.28 bits per heavy atom. The fraction of sp³-hybridized carbons (Fsp3) is 0.500. The van der Waals surface area contributed by atoms with Crippen LogP contribution in [0.5, 0.6) is 0 Å². The van der Waals surface area contributed by atoms with Gasteiger partial charge in [-0.2, -0.15) is 0 Å². The highest BCUT2D eigenvalue weighted by atomic mass is 19.1. The number of likely N-dealkylation sites (N-methyl/N-ethyl adjacent to an activating group) is 1. The van der Waals surface area contributed by atoms with Crippen molar-refractivity contribution in [2.75, 3.05) is 39.8 Å².